The predicted octanol–water partition coefficient (Wildman–Crippen LogP) is 5.73. The molecule has 3 heterocycles. The quantitative estimate of drug-likeness (QED) is 0.458. The smallest absolute Gasteiger partial charge is 0.410 e. The fourth-order valence-electron chi connectivity index (χ4n) is 5.97. The molecule has 0 saturated carbocycles. The maximum absolute atomic E-state index is 13.3. The Balaban J connectivity index is 1.11. The fourth-order valence-corrected chi connectivity index (χ4v) is 6.75. The number of nitrogens with zero attached hydrogens (tertiary/aromatic N) is 2. The number of fused-ring (bicyclic) bond motifs is 3. The summed E-state index contributed by atoms with van der Waals surface area (Å²) in [6.07, 6.45) is 3.98. The summed E-state index contributed by atoms with van der Waals surface area (Å²) in [6.45, 7) is 2.19. The van der Waals surface area contributed by atoms with Gasteiger partial charge in [-0.15, -0.1) is 11.3 Å². The zero-order chi connectivity index (χ0) is 26.1. The summed E-state index contributed by atoms with van der Waals surface area (Å²) in [6, 6.07) is 17.6. The number of hydrogen-bond donors (Lipinski definition) is 1. The third-order valence-electron chi connectivity index (χ3n) is 7.90. The van der Waals surface area contributed by atoms with Gasteiger partial charge in [0.1, 0.15) is 17.6 Å². The number of carbonyl (C=O) groups is 3. The van der Waals surface area contributed by atoms with Gasteiger partial charge in [0.05, 0.1) is 5.56 Å². The van der Waals surface area contributed by atoms with Gasteiger partial charge in [-0.1, -0.05) is 48.5 Å². The monoisotopic (exact) mass is 529 g/mol. The van der Waals surface area contributed by atoms with E-state index in [1.165, 1.54) is 27.4 Å². The number of anilines is 1. The van der Waals surface area contributed by atoms with Crippen LogP contribution in [0.4, 0.5) is 9.80 Å². The zero-order valence-electron chi connectivity index (χ0n) is 21.2. The molecule has 3 aliphatic rings. The van der Waals surface area contributed by atoms with E-state index in [-0.39, 0.29) is 24.3 Å². The number of carbonyl (C=O) groups excluding carboxylic acids is 3. The molecule has 1 atom stereocenters. The molecule has 0 unspecified atom stereocenters. The highest BCUT2D eigenvalue weighted by atomic mass is 32.1. The summed E-state index contributed by atoms with van der Waals surface area (Å²) >= 11 is 1.34. The van der Waals surface area contributed by atoms with Crippen molar-refractivity contribution >= 4 is 34.2 Å². The van der Waals surface area contributed by atoms with Gasteiger partial charge in [0.2, 0.25) is 5.91 Å². The van der Waals surface area contributed by atoms with Gasteiger partial charge in [-0.3, -0.25) is 14.5 Å². The molecule has 1 aromatic heterocycles. The molecule has 2 saturated heterocycles. The Kier molecular flexibility index (Phi) is 6.89. The van der Waals surface area contributed by atoms with Gasteiger partial charge in [0.25, 0.3) is 5.91 Å². The third kappa shape index (κ3) is 4.58. The van der Waals surface area contributed by atoms with E-state index in [0.29, 0.717) is 23.5 Å². The van der Waals surface area contributed by atoms with Crippen molar-refractivity contribution in [2.24, 2.45) is 0 Å². The average Bonchev–Trinajstić information content (AvgIpc) is 3.70. The molecule has 3 amide bonds. The first-order valence-corrected chi connectivity index (χ1v) is 14.3. The number of hydrogen-bond acceptors (Lipinski definition) is 5. The molecular formula is C30H31N3O4S. The summed E-state index contributed by atoms with van der Waals surface area (Å²) < 4.78 is 5.83. The summed E-state index contributed by atoms with van der Waals surface area (Å²) in [5.74, 6) is -0.345. The molecule has 2 aliphatic heterocycles. The highest BCUT2D eigenvalue weighted by molar-refractivity contribution is 7.14. The Bertz CT molecular complexity index is 1320. The molecule has 3 aromatic rings. The lowest BCUT2D eigenvalue weighted by Gasteiger charge is -2.27. The van der Waals surface area contributed by atoms with Gasteiger partial charge in [0, 0.05) is 25.6 Å². The van der Waals surface area contributed by atoms with Crippen LogP contribution in [0.15, 0.2) is 60.0 Å². The lowest BCUT2D eigenvalue weighted by molar-refractivity contribution is -0.120. The van der Waals surface area contributed by atoms with Gasteiger partial charge >= 0.3 is 6.09 Å². The van der Waals surface area contributed by atoms with Crippen LogP contribution < -0.4 is 5.32 Å². The van der Waals surface area contributed by atoms with Crippen LogP contribution in [-0.2, 0) is 9.53 Å². The van der Waals surface area contributed by atoms with Crippen LogP contribution >= 0.6 is 11.3 Å². The SMILES string of the molecule is O=C(Nc1sccc1C(=O)N1CCCCC1)[C@H]1CCCN1C(=O)OCC1c2ccccc2-c2ccccc21. The van der Waals surface area contributed by atoms with Crippen molar-refractivity contribution < 1.29 is 19.1 Å². The lowest BCUT2D eigenvalue weighted by Crippen LogP contribution is -2.44. The van der Waals surface area contributed by atoms with Crippen LogP contribution in [0.2, 0.25) is 0 Å². The van der Waals surface area contributed by atoms with E-state index >= 15 is 0 Å². The number of piperidine rings is 1. The maximum Gasteiger partial charge on any atom is 0.410 e. The fraction of sp³-hybridized carbons (Fsp3) is 0.367. The standard InChI is InChI=1S/C30H31N3O4S/c34-27(31-28-24(14-18-38-28)29(35)32-15-6-1-7-16-32)26-13-8-17-33(26)30(36)37-19-25-22-11-4-2-9-20(22)21-10-3-5-12-23(21)25/h2-5,9-12,14,18,25-26H,1,6-8,13,15-17,19H2,(H,31,34)/t26-/m1/s1. The van der Waals surface area contributed by atoms with Crippen molar-refractivity contribution in [3.8, 4) is 11.1 Å². The molecule has 38 heavy (non-hydrogen) atoms. The summed E-state index contributed by atoms with van der Waals surface area (Å²) in [5.41, 5.74) is 5.18. The maximum atomic E-state index is 13.3. The lowest BCUT2D eigenvalue weighted by atomic mass is 9.98. The van der Waals surface area contributed by atoms with Gasteiger partial charge in [-0.05, 0) is 65.8 Å². The normalized spacial score (nSPS) is 18.7. The molecule has 0 radical (unpaired) electrons. The zero-order valence-corrected chi connectivity index (χ0v) is 22.0. The summed E-state index contributed by atoms with van der Waals surface area (Å²) in [5, 5.41) is 5.31. The second-order valence-electron chi connectivity index (χ2n) is 10.2. The molecule has 1 N–H and O–H groups in total. The van der Waals surface area contributed by atoms with Gasteiger partial charge in [0.15, 0.2) is 0 Å². The molecule has 196 valence electrons. The Hall–Kier alpha value is -3.65. The highest BCUT2D eigenvalue weighted by Crippen LogP contribution is 2.44. The molecule has 2 fully saturated rings. The minimum atomic E-state index is -0.620. The van der Waals surface area contributed by atoms with Crippen molar-refractivity contribution in [2.75, 3.05) is 31.6 Å². The molecule has 2 aromatic carbocycles. The van der Waals surface area contributed by atoms with E-state index in [1.807, 2.05) is 34.5 Å². The number of ether oxygens (including phenoxy) is 1. The Morgan fingerprint density at radius 1 is 0.868 bits per heavy atom. The molecule has 1 aliphatic carbocycles. The van der Waals surface area contributed by atoms with Crippen LogP contribution in [0.25, 0.3) is 11.1 Å². The third-order valence-corrected chi connectivity index (χ3v) is 8.73. The summed E-state index contributed by atoms with van der Waals surface area (Å²) in [7, 11) is 0. The Labute approximate surface area is 226 Å². The molecule has 8 heteroatoms. The van der Waals surface area contributed by atoms with Crippen LogP contribution in [-0.4, -0.2) is 60.0 Å². The van der Waals surface area contributed by atoms with Gasteiger partial charge < -0.3 is 15.0 Å². The average molecular weight is 530 g/mol. The topological polar surface area (TPSA) is 79.0 Å². The predicted molar refractivity (Wildman–Crippen MR) is 148 cm³/mol. The van der Waals surface area contributed by atoms with Crippen molar-refractivity contribution in [1.29, 1.82) is 0 Å². The van der Waals surface area contributed by atoms with E-state index in [1.54, 1.807) is 6.07 Å². The van der Waals surface area contributed by atoms with E-state index in [4.69, 9.17) is 4.74 Å². The van der Waals surface area contributed by atoms with Crippen molar-refractivity contribution in [3.05, 3.63) is 76.7 Å². The number of benzene rings is 2. The van der Waals surface area contributed by atoms with Crippen LogP contribution in [0.1, 0.15) is 59.5 Å². The molecule has 0 spiro atoms. The van der Waals surface area contributed by atoms with Crippen LogP contribution in [0.5, 0.6) is 0 Å². The van der Waals surface area contributed by atoms with Crippen molar-refractivity contribution in [3.63, 3.8) is 0 Å². The first-order chi connectivity index (χ1) is 18.6. The molecule has 0 bridgehead atoms. The largest absolute Gasteiger partial charge is 0.448 e. The number of thiophene rings is 1. The van der Waals surface area contributed by atoms with E-state index in [2.05, 4.69) is 29.6 Å². The van der Waals surface area contributed by atoms with Crippen LogP contribution in [0.3, 0.4) is 0 Å². The minimum Gasteiger partial charge on any atom is -0.448 e. The van der Waals surface area contributed by atoms with E-state index in [9.17, 15) is 14.4 Å². The number of nitrogens with one attached hydrogen (secondary N) is 1. The van der Waals surface area contributed by atoms with Gasteiger partial charge in [-0.2, -0.15) is 0 Å². The highest BCUT2D eigenvalue weighted by Gasteiger charge is 2.37. The van der Waals surface area contributed by atoms with E-state index < -0.39 is 12.1 Å². The first kappa shape index (κ1) is 24.7. The Morgan fingerprint density at radius 3 is 2.26 bits per heavy atom. The summed E-state index contributed by atoms with van der Waals surface area (Å²) in [4.78, 5) is 42.9. The van der Waals surface area contributed by atoms with Crippen molar-refractivity contribution in [1.82, 2.24) is 9.80 Å². The Morgan fingerprint density at radius 2 is 1.55 bits per heavy atom. The second kappa shape index (κ2) is 10.6. The minimum absolute atomic E-state index is 0.0318. The number of rotatable bonds is 5. The number of likely N-dealkylation sites (tertiary alicyclic amines) is 2. The second-order valence-corrected chi connectivity index (χ2v) is 11.1. The van der Waals surface area contributed by atoms with Crippen LogP contribution in [0, 0.1) is 0 Å². The molecule has 7 nitrogen and oxygen atoms in total. The molecule has 6 rings (SSSR count). The number of amides is 3. The van der Waals surface area contributed by atoms with Gasteiger partial charge in [-0.25, -0.2) is 4.79 Å². The van der Waals surface area contributed by atoms with Crippen molar-refractivity contribution in [2.45, 2.75) is 44.1 Å². The van der Waals surface area contributed by atoms with E-state index in [0.717, 1.165) is 49.9 Å². The first-order valence-electron chi connectivity index (χ1n) is 13.4. The molecular weight excluding hydrogens is 498 g/mol.